The van der Waals surface area contributed by atoms with Gasteiger partial charge in [0.25, 0.3) is 10.0 Å². The first-order chi connectivity index (χ1) is 16.6. The number of aliphatic hydroxyl groups is 1. The predicted octanol–water partition coefficient (Wildman–Crippen LogP) is 0.703. The summed E-state index contributed by atoms with van der Waals surface area (Å²) in [5.74, 6) is -1.82. The first-order valence-corrected chi connectivity index (χ1v) is 12.7. The molecule has 192 valence electrons. The number of nitrogens with one attached hydrogen (secondary N) is 1. The number of nitrogens with zero attached hydrogens (tertiary/aromatic N) is 3. The lowest BCUT2D eigenvalue weighted by Gasteiger charge is -2.43. The van der Waals surface area contributed by atoms with E-state index in [2.05, 4.69) is 10.3 Å². The highest BCUT2D eigenvalue weighted by Gasteiger charge is 2.43. The minimum Gasteiger partial charge on any atom is -0.389 e. The molecule has 2 aliphatic rings. The Balaban J connectivity index is 1.41. The van der Waals surface area contributed by atoms with E-state index in [0.717, 1.165) is 18.2 Å². The number of imidazole rings is 1. The first-order valence-electron chi connectivity index (χ1n) is 11.2. The Hall–Kier alpha value is -2.45. The third-order valence-corrected chi connectivity index (χ3v) is 7.79. The van der Waals surface area contributed by atoms with Crippen molar-refractivity contribution in [2.24, 2.45) is 7.05 Å². The second-order valence-electron chi connectivity index (χ2n) is 8.84. The Kier molecular flexibility index (Phi) is 7.81. The number of aliphatic hydroxyl groups excluding tert-OH is 1. The van der Waals surface area contributed by atoms with Crippen LogP contribution < -0.4 is 5.32 Å². The Bertz CT molecular complexity index is 1140. The average molecular weight is 515 g/mol. The standard InChI is InChI=1S/C22H28F2N4O6S/c1-27-10-22(26-13-27)35(31,32)28-9-17(29)11-33-12-20-19(28)3-2-18(34-20)7-21(30)25-8-14-4-15(23)6-16(24)5-14/h4-6,10,13,17-20,29H,2-3,7-9,11-12H2,1H3,(H,25,30)/t17-,18-,19+,20-/m1/s1. The minimum atomic E-state index is -4.01. The van der Waals surface area contributed by atoms with Crippen LogP contribution in [0, 0.1) is 11.6 Å². The third kappa shape index (κ3) is 6.22. The van der Waals surface area contributed by atoms with Gasteiger partial charge in [-0.1, -0.05) is 0 Å². The van der Waals surface area contributed by atoms with Crippen molar-refractivity contribution in [2.75, 3.05) is 19.8 Å². The van der Waals surface area contributed by atoms with Crippen LogP contribution in [0.2, 0.25) is 0 Å². The highest BCUT2D eigenvalue weighted by molar-refractivity contribution is 7.89. The van der Waals surface area contributed by atoms with E-state index in [-0.39, 0.29) is 43.7 Å². The topological polar surface area (TPSA) is 123 Å². The molecular weight excluding hydrogens is 486 g/mol. The number of hydrogen-bond donors (Lipinski definition) is 2. The largest absolute Gasteiger partial charge is 0.389 e. The summed E-state index contributed by atoms with van der Waals surface area (Å²) in [6.07, 6.45) is 1.42. The minimum absolute atomic E-state index is 0.00334. The van der Waals surface area contributed by atoms with Crippen molar-refractivity contribution in [3.05, 3.63) is 47.9 Å². The van der Waals surface area contributed by atoms with Crippen molar-refractivity contribution >= 4 is 15.9 Å². The van der Waals surface area contributed by atoms with E-state index in [1.807, 2.05) is 0 Å². The number of fused-ring (bicyclic) bond motifs is 1. The molecule has 2 aromatic rings. The van der Waals surface area contributed by atoms with Crippen LogP contribution in [0.4, 0.5) is 8.78 Å². The summed E-state index contributed by atoms with van der Waals surface area (Å²) in [6, 6.07) is 2.43. The summed E-state index contributed by atoms with van der Waals surface area (Å²) < 4.78 is 67.7. The molecule has 13 heteroatoms. The number of amides is 1. The number of ether oxygens (including phenoxy) is 2. The molecule has 2 N–H and O–H groups in total. The molecule has 0 spiro atoms. The number of rotatable bonds is 6. The number of sulfonamides is 1. The lowest BCUT2D eigenvalue weighted by Crippen LogP contribution is -2.57. The number of carbonyl (C=O) groups excluding carboxylic acids is 1. The molecule has 1 amide bonds. The van der Waals surface area contributed by atoms with Crippen LogP contribution in [0.15, 0.2) is 35.7 Å². The maximum Gasteiger partial charge on any atom is 0.262 e. The zero-order valence-corrected chi connectivity index (χ0v) is 20.0. The fourth-order valence-electron chi connectivity index (χ4n) is 4.41. The highest BCUT2D eigenvalue weighted by Crippen LogP contribution is 2.31. The van der Waals surface area contributed by atoms with Gasteiger partial charge < -0.3 is 24.5 Å². The summed E-state index contributed by atoms with van der Waals surface area (Å²) in [4.78, 5) is 16.4. The molecule has 35 heavy (non-hydrogen) atoms. The SMILES string of the molecule is Cn1cnc(S(=O)(=O)N2C[C@@H](O)COC[C@H]3O[C@@H](CC(=O)NCc4cc(F)cc(F)c4)CC[C@@H]32)c1. The average Bonchev–Trinajstić information content (AvgIpc) is 3.22. The van der Waals surface area contributed by atoms with Gasteiger partial charge >= 0.3 is 0 Å². The lowest BCUT2D eigenvalue weighted by molar-refractivity contribution is -0.146. The summed E-state index contributed by atoms with van der Waals surface area (Å²) >= 11 is 0. The number of aromatic nitrogens is 2. The number of carbonyl (C=O) groups is 1. The van der Waals surface area contributed by atoms with Crippen molar-refractivity contribution in [1.29, 1.82) is 0 Å². The second kappa shape index (κ2) is 10.7. The van der Waals surface area contributed by atoms with Crippen LogP contribution in [0.3, 0.4) is 0 Å². The molecule has 10 nitrogen and oxygen atoms in total. The smallest absolute Gasteiger partial charge is 0.262 e. The van der Waals surface area contributed by atoms with Gasteiger partial charge in [-0.25, -0.2) is 22.2 Å². The van der Waals surface area contributed by atoms with Crippen molar-refractivity contribution in [3.8, 4) is 0 Å². The molecule has 0 radical (unpaired) electrons. The molecule has 0 saturated carbocycles. The van der Waals surface area contributed by atoms with Crippen LogP contribution in [-0.2, 0) is 37.9 Å². The van der Waals surface area contributed by atoms with Crippen LogP contribution in [-0.4, -0.2) is 77.4 Å². The fourth-order valence-corrected chi connectivity index (χ4v) is 6.09. The van der Waals surface area contributed by atoms with E-state index in [1.165, 1.54) is 21.4 Å². The molecular formula is C22H28F2N4O6S. The van der Waals surface area contributed by atoms with E-state index in [0.29, 0.717) is 18.4 Å². The van der Waals surface area contributed by atoms with Gasteiger partial charge in [-0.2, -0.15) is 4.31 Å². The van der Waals surface area contributed by atoms with Crippen LogP contribution >= 0.6 is 0 Å². The monoisotopic (exact) mass is 514 g/mol. The van der Waals surface area contributed by atoms with E-state index >= 15 is 0 Å². The van der Waals surface area contributed by atoms with Gasteiger partial charge in [0.2, 0.25) is 5.91 Å². The van der Waals surface area contributed by atoms with Gasteiger partial charge in [0, 0.05) is 32.4 Å². The molecule has 1 aromatic carbocycles. The summed E-state index contributed by atoms with van der Waals surface area (Å²) in [6.45, 7) is -0.213. The normalized spacial score (nSPS) is 25.9. The number of benzene rings is 1. The molecule has 4 atom stereocenters. The zero-order valence-electron chi connectivity index (χ0n) is 19.1. The van der Waals surface area contributed by atoms with Gasteiger partial charge in [0.15, 0.2) is 5.03 Å². The Morgan fingerprint density at radius 2 is 1.97 bits per heavy atom. The van der Waals surface area contributed by atoms with Gasteiger partial charge in [0.1, 0.15) is 11.6 Å². The van der Waals surface area contributed by atoms with Gasteiger partial charge in [-0.3, -0.25) is 4.79 Å². The third-order valence-electron chi connectivity index (χ3n) is 6.01. The van der Waals surface area contributed by atoms with Crippen molar-refractivity contribution in [2.45, 2.75) is 55.2 Å². The molecule has 1 aromatic heterocycles. The highest BCUT2D eigenvalue weighted by atomic mass is 32.2. The van der Waals surface area contributed by atoms with Crippen molar-refractivity contribution in [1.82, 2.24) is 19.2 Å². The lowest BCUT2D eigenvalue weighted by atomic mass is 9.96. The summed E-state index contributed by atoms with van der Waals surface area (Å²) in [5, 5.41) is 12.8. The van der Waals surface area contributed by atoms with Crippen molar-refractivity contribution in [3.63, 3.8) is 0 Å². The van der Waals surface area contributed by atoms with Gasteiger partial charge in [-0.05, 0) is 30.5 Å². The second-order valence-corrected chi connectivity index (χ2v) is 10.7. The number of β-amino-alcohol motifs (C(OH)–C–C–N with tert-alkyl or cyclic N) is 1. The molecule has 0 aliphatic carbocycles. The van der Waals surface area contributed by atoms with Crippen LogP contribution in [0.1, 0.15) is 24.8 Å². The van der Waals surface area contributed by atoms with Crippen LogP contribution in [0.5, 0.6) is 0 Å². The molecule has 0 unspecified atom stereocenters. The van der Waals surface area contributed by atoms with E-state index in [1.54, 1.807) is 7.05 Å². The van der Waals surface area contributed by atoms with Crippen LogP contribution in [0.25, 0.3) is 0 Å². The van der Waals surface area contributed by atoms with Gasteiger partial charge in [-0.15, -0.1) is 0 Å². The maximum atomic E-state index is 13.3. The van der Waals surface area contributed by atoms with Crippen molar-refractivity contribution < 1.29 is 36.6 Å². The molecule has 0 bridgehead atoms. The Labute approximate surface area is 201 Å². The zero-order chi connectivity index (χ0) is 25.2. The van der Waals surface area contributed by atoms with Gasteiger partial charge in [0.05, 0.1) is 50.3 Å². The Morgan fingerprint density at radius 3 is 2.66 bits per heavy atom. The molecule has 2 fully saturated rings. The summed E-state index contributed by atoms with van der Waals surface area (Å²) in [5.41, 5.74) is 0.294. The molecule has 3 heterocycles. The number of halogens is 2. The maximum absolute atomic E-state index is 13.3. The molecule has 2 saturated heterocycles. The number of hydrogen-bond acceptors (Lipinski definition) is 7. The quantitative estimate of drug-likeness (QED) is 0.582. The number of aryl methyl sites for hydroxylation is 1. The first kappa shape index (κ1) is 25.6. The van der Waals surface area contributed by atoms with E-state index in [4.69, 9.17) is 9.47 Å². The molecule has 4 rings (SSSR count). The van der Waals surface area contributed by atoms with E-state index < -0.39 is 46.0 Å². The molecule has 2 aliphatic heterocycles. The fraction of sp³-hybridized carbons (Fsp3) is 0.545. The summed E-state index contributed by atoms with van der Waals surface area (Å²) in [7, 11) is -2.34. The predicted molar refractivity (Wildman–Crippen MR) is 118 cm³/mol. The van der Waals surface area contributed by atoms with E-state index in [9.17, 15) is 27.1 Å². The Morgan fingerprint density at radius 1 is 1.23 bits per heavy atom.